The summed E-state index contributed by atoms with van der Waals surface area (Å²) < 4.78 is 13.2. The maximum absolute atomic E-state index is 13.2. The fraction of sp³-hybridized carbons (Fsp3) is 0.643. The van der Waals surface area contributed by atoms with Crippen molar-refractivity contribution >= 4 is 0 Å². The van der Waals surface area contributed by atoms with E-state index in [4.69, 9.17) is 0 Å². The lowest BCUT2D eigenvalue weighted by atomic mass is 9.56. The third-order valence-electron chi connectivity index (χ3n) is 4.04. The number of nitrogens with one attached hydrogen (secondary N) is 1. The van der Waals surface area contributed by atoms with Gasteiger partial charge in [0.15, 0.2) is 0 Å². The van der Waals surface area contributed by atoms with Crippen LogP contribution in [0.5, 0.6) is 0 Å². The molecule has 2 nitrogen and oxygen atoms in total. The van der Waals surface area contributed by atoms with Gasteiger partial charge in [-0.15, -0.1) is 0 Å². The van der Waals surface area contributed by atoms with Gasteiger partial charge in [-0.3, -0.25) is 4.98 Å². The second kappa shape index (κ2) is 4.73. The molecule has 3 heteroatoms. The summed E-state index contributed by atoms with van der Waals surface area (Å²) in [5.41, 5.74) is 1.22. The van der Waals surface area contributed by atoms with E-state index in [2.05, 4.69) is 31.1 Å². The van der Waals surface area contributed by atoms with Crippen LogP contribution in [0.1, 0.15) is 45.1 Å². The molecule has 0 saturated heterocycles. The van der Waals surface area contributed by atoms with Gasteiger partial charge in [-0.05, 0) is 42.3 Å². The molecule has 17 heavy (non-hydrogen) atoms. The second-order valence-electron chi connectivity index (χ2n) is 5.55. The van der Waals surface area contributed by atoms with Crippen molar-refractivity contribution in [3.05, 3.63) is 29.8 Å². The van der Waals surface area contributed by atoms with Crippen LogP contribution in [0.4, 0.5) is 4.39 Å². The van der Waals surface area contributed by atoms with Gasteiger partial charge >= 0.3 is 0 Å². The van der Waals surface area contributed by atoms with Crippen molar-refractivity contribution in [3.8, 4) is 0 Å². The van der Waals surface area contributed by atoms with Crippen molar-refractivity contribution < 1.29 is 4.39 Å². The van der Waals surface area contributed by atoms with E-state index in [0.717, 1.165) is 24.9 Å². The van der Waals surface area contributed by atoms with Crippen LogP contribution >= 0.6 is 0 Å². The molecule has 1 fully saturated rings. The van der Waals surface area contributed by atoms with Crippen molar-refractivity contribution in [2.45, 2.75) is 45.6 Å². The summed E-state index contributed by atoms with van der Waals surface area (Å²) in [4.78, 5) is 3.94. The van der Waals surface area contributed by atoms with E-state index in [1.807, 2.05) is 0 Å². The lowest BCUT2D eigenvalue weighted by molar-refractivity contribution is 0.0691. The Balaban J connectivity index is 2.06. The van der Waals surface area contributed by atoms with E-state index in [1.54, 1.807) is 12.3 Å². The van der Waals surface area contributed by atoms with Crippen molar-refractivity contribution in [1.29, 1.82) is 0 Å². The molecule has 0 aliphatic heterocycles. The first-order valence-corrected chi connectivity index (χ1v) is 6.39. The van der Waals surface area contributed by atoms with Gasteiger partial charge in [-0.1, -0.05) is 20.8 Å². The molecule has 0 amide bonds. The summed E-state index contributed by atoms with van der Waals surface area (Å²) in [6.45, 7) is 7.73. The fourth-order valence-electron chi connectivity index (χ4n) is 2.78. The van der Waals surface area contributed by atoms with E-state index in [1.165, 1.54) is 6.20 Å². The highest BCUT2D eigenvalue weighted by Gasteiger charge is 2.48. The first kappa shape index (κ1) is 12.5. The van der Waals surface area contributed by atoms with E-state index < -0.39 is 0 Å². The topological polar surface area (TPSA) is 24.9 Å². The van der Waals surface area contributed by atoms with E-state index >= 15 is 0 Å². The first-order valence-electron chi connectivity index (χ1n) is 6.39. The highest BCUT2D eigenvalue weighted by Crippen LogP contribution is 2.52. The van der Waals surface area contributed by atoms with Crippen LogP contribution in [0.2, 0.25) is 0 Å². The van der Waals surface area contributed by atoms with Crippen LogP contribution in [0, 0.1) is 11.2 Å². The zero-order valence-electron chi connectivity index (χ0n) is 10.8. The number of halogens is 1. The Kier molecular flexibility index (Phi) is 3.48. The molecule has 1 aliphatic carbocycles. The molecule has 0 bridgehead atoms. The summed E-state index contributed by atoms with van der Waals surface area (Å²) in [6, 6.07) is 2.16. The average Bonchev–Trinajstić information content (AvgIpc) is 2.28. The normalized spacial score (nSPS) is 26.6. The number of pyridine rings is 1. The first-order chi connectivity index (χ1) is 8.05. The molecule has 1 aliphatic rings. The predicted octanol–water partition coefficient (Wildman–Crippen LogP) is 3.10. The van der Waals surface area contributed by atoms with Gasteiger partial charge in [0.25, 0.3) is 0 Å². The molecule has 0 radical (unpaired) electrons. The van der Waals surface area contributed by atoms with Crippen LogP contribution in [-0.4, -0.2) is 17.6 Å². The molecule has 94 valence electrons. The van der Waals surface area contributed by atoms with Gasteiger partial charge in [0.1, 0.15) is 5.82 Å². The highest BCUT2D eigenvalue weighted by molar-refractivity contribution is 5.25. The lowest BCUT2D eigenvalue weighted by Crippen LogP contribution is -2.55. The quantitative estimate of drug-likeness (QED) is 0.869. The summed E-state index contributed by atoms with van der Waals surface area (Å²) in [7, 11) is 0. The molecule has 0 spiro atoms. The molecule has 2 atom stereocenters. The zero-order chi connectivity index (χ0) is 12.5. The smallest absolute Gasteiger partial charge is 0.141 e. The summed E-state index contributed by atoms with van der Waals surface area (Å²) in [5, 5.41) is 3.56. The van der Waals surface area contributed by atoms with Crippen LogP contribution in [0.25, 0.3) is 0 Å². The summed E-state index contributed by atoms with van der Waals surface area (Å²) in [6.07, 6.45) is 5.30. The van der Waals surface area contributed by atoms with Gasteiger partial charge in [0.05, 0.1) is 6.20 Å². The van der Waals surface area contributed by atoms with Gasteiger partial charge in [0, 0.05) is 12.2 Å². The molecule has 0 aromatic carbocycles. The summed E-state index contributed by atoms with van der Waals surface area (Å²) >= 11 is 0. The average molecular weight is 236 g/mol. The predicted molar refractivity (Wildman–Crippen MR) is 67.4 cm³/mol. The molecule has 1 aromatic heterocycles. The van der Waals surface area contributed by atoms with E-state index in [-0.39, 0.29) is 11.2 Å². The Morgan fingerprint density at radius 3 is 2.82 bits per heavy atom. The van der Waals surface area contributed by atoms with Gasteiger partial charge in [-0.25, -0.2) is 4.39 Å². The number of aromatic nitrogens is 1. The maximum Gasteiger partial charge on any atom is 0.141 e. The Morgan fingerprint density at radius 2 is 2.24 bits per heavy atom. The zero-order valence-corrected chi connectivity index (χ0v) is 10.8. The Bertz CT molecular complexity index is 390. The highest BCUT2D eigenvalue weighted by atomic mass is 19.1. The van der Waals surface area contributed by atoms with Crippen LogP contribution in [0.3, 0.4) is 0 Å². The Hall–Kier alpha value is -0.960. The Labute approximate surface area is 103 Å². The fourth-order valence-corrected chi connectivity index (χ4v) is 2.78. The minimum absolute atomic E-state index is 0.185. The minimum Gasteiger partial charge on any atom is -0.313 e. The van der Waals surface area contributed by atoms with E-state index in [0.29, 0.717) is 12.0 Å². The largest absolute Gasteiger partial charge is 0.313 e. The SMILES string of the molecule is CCCNC1CC(c2cncc(F)c2)C1(C)C. The molecule has 2 rings (SSSR count). The standard InChI is InChI=1S/C14H21FN2/c1-4-5-17-13-7-12(14(13,2)3)10-6-11(15)9-16-8-10/h6,8-9,12-13,17H,4-5,7H2,1-3H3. The third-order valence-corrected chi connectivity index (χ3v) is 4.04. The monoisotopic (exact) mass is 236 g/mol. The number of hydrogen-bond donors (Lipinski definition) is 1. The molecule has 2 unspecified atom stereocenters. The lowest BCUT2D eigenvalue weighted by Gasteiger charge is -2.53. The van der Waals surface area contributed by atoms with Crippen LogP contribution in [0.15, 0.2) is 18.5 Å². The van der Waals surface area contributed by atoms with Crippen molar-refractivity contribution in [1.82, 2.24) is 10.3 Å². The van der Waals surface area contributed by atoms with Crippen LogP contribution < -0.4 is 5.32 Å². The molecule has 1 heterocycles. The number of nitrogens with zero attached hydrogens (tertiary/aromatic N) is 1. The van der Waals surface area contributed by atoms with Crippen molar-refractivity contribution in [2.24, 2.45) is 5.41 Å². The number of hydrogen-bond acceptors (Lipinski definition) is 2. The molecular formula is C14H21FN2. The third kappa shape index (κ3) is 2.34. The van der Waals surface area contributed by atoms with Crippen molar-refractivity contribution in [3.63, 3.8) is 0 Å². The molecular weight excluding hydrogens is 215 g/mol. The second-order valence-corrected chi connectivity index (χ2v) is 5.55. The molecule has 1 saturated carbocycles. The van der Waals surface area contributed by atoms with E-state index in [9.17, 15) is 4.39 Å². The van der Waals surface area contributed by atoms with Gasteiger partial charge < -0.3 is 5.32 Å². The van der Waals surface area contributed by atoms with Gasteiger partial charge in [-0.2, -0.15) is 0 Å². The van der Waals surface area contributed by atoms with Crippen molar-refractivity contribution in [2.75, 3.05) is 6.54 Å². The Morgan fingerprint density at radius 1 is 1.47 bits per heavy atom. The minimum atomic E-state index is -0.233. The van der Waals surface area contributed by atoms with Gasteiger partial charge in [0.2, 0.25) is 0 Å². The maximum atomic E-state index is 13.2. The number of rotatable bonds is 4. The van der Waals surface area contributed by atoms with Crippen LogP contribution in [-0.2, 0) is 0 Å². The molecule has 1 N–H and O–H groups in total. The summed E-state index contributed by atoms with van der Waals surface area (Å²) in [5.74, 6) is 0.184. The molecule has 1 aromatic rings.